The maximum Gasteiger partial charge on any atom is 0.407 e. The highest BCUT2D eigenvalue weighted by atomic mass is 16.6. The zero-order chi connectivity index (χ0) is 16.2. The highest BCUT2D eigenvalue weighted by Crippen LogP contribution is 2.24. The maximum atomic E-state index is 11.6. The molecule has 0 saturated heterocycles. The Morgan fingerprint density at radius 3 is 2.86 bits per heavy atom. The molecule has 0 aromatic carbocycles. The zero-order valence-corrected chi connectivity index (χ0v) is 14.1. The Bertz CT molecular complexity index is 489. The van der Waals surface area contributed by atoms with E-state index in [4.69, 9.17) is 4.74 Å². The van der Waals surface area contributed by atoms with Gasteiger partial charge < -0.3 is 19.5 Å². The average molecular weight is 308 g/mol. The van der Waals surface area contributed by atoms with E-state index in [0.29, 0.717) is 6.54 Å². The van der Waals surface area contributed by atoms with Gasteiger partial charge in [0.25, 0.3) is 0 Å². The minimum atomic E-state index is -0.459. The number of amides is 1. The van der Waals surface area contributed by atoms with Crippen molar-refractivity contribution in [3.63, 3.8) is 0 Å². The molecule has 0 unspecified atom stereocenters. The van der Waals surface area contributed by atoms with Gasteiger partial charge in [-0.25, -0.2) is 9.78 Å². The monoisotopic (exact) mass is 308 g/mol. The molecule has 1 fully saturated rings. The fourth-order valence-electron chi connectivity index (χ4n) is 2.33. The van der Waals surface area contributed by atoms with Crippen molar-refractivity contribution in [1.29, 1.82) is 0 Å². The van der Waals surface area contributed by atoms with Gasteiger partial charge >= 0.3 is 6.09 Å². The Kier molecular flexibility index (Phi) is 5.45. The number of carbonyl (C=O) groups is 1. The van der Waals surface area contributed by atoms with Crippen LogP contribution in [0.5, 0.6) is 0 Å². The van der Waals surface area contributed by atoms with Crippen LogP contribution in [0.3, 0.4) is 0 Å². The largest absolute Gasteiger partial charge is 0.444 e. The standard InChI is InChI=1S/C16H28N4O2/c1-16(2,3)22-15(21)18-8-7-14-11-17-12-20(14)10-9-19(4)13-5-6-13/h11-13H,5-10H2,1-4H3,(H,18,21). The van der Waals surface area contributed by atoms with E-state index in [1.54, 1.807) is 0 Å². The van der Waals surface area contributed by atoms with Gasteiger partial charge in [-0.15, -0.1) is 0 Å². The first-order chi connectivity index (χ1) is 10.3. The van der Waals surface area contributed by atoms with Crippen LogP contribution >= 0.6 is 0 Å². The molecule has 6 nitrogen and oxygen atoms in total. The highest BCUT2D eigenvalue weighted by Gasteiger charge is 2.25. The molecule has 1 aromatic rings. The molecule has 6 heteroatoms. The summed E-state index contributed by atoms with van der Waals surface area (Å²) in [5.41, 5.74) is 0.680. The molecule has 1 aliphatic carbocycles. The van der Waals surface area contributed by atoms with Gasteiger partial charge in [0, 0.05) is 44.0 Å². The second kappa shape index (κ2) is 7.13. The van der Waals surface area contributed by atoms with Crippen LogP contribution in [-0.2, 0) is 17.7 Å². The lowest BCUT2D eigenvalue weighted by Gasteiger charge is -2.20. The van der Waals surface area contributed by atoms with Crippen molar-refractivity contribution >= 4 is 6.09 Å². The molecule has 22 heavy (non-hydrogen) atoms. The summed E-state index contributed by atoms with van der Waals surface area (Å²) in [5, 5.41) is 2.79. The third-order valence-corrected chi connectivity index (χ3v) is 3.71. The summed E-state index contributed by atoms with van der Waals surface area (Å²) in [7, 11) is 2.18. The lowest BCUT2D eigenvalue weighted by atomic mass is 10.2. The Labute approximate surface area is 132 Å². The number of hydrogen-bond acceptors (Lipinski definition) is 4. The molecular weight excluding hydrogens is 280 g/mol. The second-order valence-corrected chi connectivity index (χ2v) is 6.97. The molecule has 0 atom stereocenters. The summed E-state index contributed by atoms with van der Waals surface area (Å²) in [6.45, 7) is 8.11. The summed E-state index contributed by atoms with van der Waals surface area (Å²) in [6.07, 6.45) is 6.77. The topological polar surface area (TPSA) is 59.4 Å². The smallest absolute Gasteiger partial charge is 0.407 e. The molecule has 0 aliphatic heterocycles. The summed E-state index contributed by atoms with van der Waals surface area (Å²) in [6, 6.07) is 0.779. The summed E-state index contributed by atoms with van der Waals surface area (Å²) < 4.78 is 7.38. The number of rotatable bonds is 7. The van der Waals surface area contributed by atoms with E-state index in [2.05, 4.69) is 26.8 Å². The average Bonchev–Trinajstić information content (AvgIpc) is 3.16. The van der Waals surface area contributed by atoms with Crippen LogP contribution < -0.4 is 5.32 Å². The molecule has 124 valence electrons. The van der Waals surface area contributed by atoms with E-state index in [9.17, 15) is 4.79 Å². The highest BCUT2D eigenvalue weighted by molar-refractivity contribution is 5.67. The van der Waals surface area contributed by atoms with Gasteiger partial charge in [-0.05, 0) is 40.7 Å². The Morgan fingerprint density at radius 2 is 2.23 bits per heavy atom. The SMILES string of the molecule is CN(CCn1cncc1CCNC(=O)OC(C)(C)C)C1CC1. The minimum absolute atomic E-state index is 0.368. The first-order valence-corrected chi connectivity index (χ1v) is 8.01. The van der Waals surface area contributed by atoms with E-state index >= 15 is 0 Å². The summed E-state index contributed by atoms with van der Waals surface area (Å²) in [5.74, 6) is 0. The molecule has 1 aromatic heterocycles. The second-order valence-electron chi connectivity index (χ2n) is 6.97. The van der Waals surface area contributed by atoms with Crippen LogP contribution in [0.2, 0.25) is 0 Å². The van der Waals surface area contributed by atoms with Gasteiger partial charge in [-0.2, -0.15) is 0 Å². The number of aromatic nitrogens is 2. The Hall–Kier alpha value is -1.56. The van der Waals surface area contributed by atoms with Gasteiger partial charge in [0.15, 0.2) is 0 Å². The first kappa shape index (κ1) is 16.8. The lowest BCUT2D eigenvalue weighted by Crippen LogP contribution is -2.33. The molecule has 1 saturated carbocycles. The predicted molar refractivity (Wildman–Crippen MR) is 85.8 cm³/mol. The summed E-state index contributed by atoms with van der Waals surface area (Å²) >= 11 is 0. The zero-order valence-electron chi connectivity index (χ0n) is 14.1. The molecule has 0 spiro atoms. The van der Waals surface area contributed by atoms with Gasteiger partial charge in [-0.3, -0.25) is 0 Å². The normalized spacial score (nSPS) is 15.1. The number of carbonyl (C=O) groups excluding carboxylic acids is 1. The Morgan fingerprint density at radius 1 is 1.50 bits per heavy atom. The van der Waals surface area contributed by atoms with Crippen LogP contribution in [0, 0.1) is 0 Å². The molecule has 0 bridgehead atoms. The van der Waals surface area contributed by atoms with Crippen molar-refractivity contribution in [3.05, 3.63) is 18.2 Å². The van der Waals surface area contributed by atoms with Gasteiger partial charge in [0.05, 0.1) is 6.33 Å². The van der Waals surface area contributed by atoms with E-state index in [1.165, 1.54) is 12.8 Å². The van der Waals surface area contributed by atoms with Crippen LogP contribution in [0.15, 0.2) is 12.5 Å². The number of hydrogen-bond donors (Lipinski definition) is 1. The molecule has 1 N–H and O–H groups in total. The molecule has 0 radical (unpaired) electrons. The lowest BCUT2D eigenvalue weighted by molar-refractivity contribution is 0.0528. The van der Waals surface area contributed by atoms with Gasteiger partial charge in [0.1, 0.15) is 5.60 Å². The van der Waals surface area contributed by atoms with E-state index in [1.807, 2.05) is 33.3 Å². The quantitative estimate of drug-likeness (QED) is 0.837. The molecule has 1 heterocycles. The van der Waals surface area contributed by atoms with Crippen LogP contribution in [0.25, 0.3) is 0 Å². The molecular formula is C16H28N4O2. The summed E-state index contributed by atoms with van der Waals surface area (Å²) in [4.78, 5) is 18.2. The van der Waals surface area contributed by atoms with E-state index < -0.39 is 5.60 Å². The molecule has 1 amide bonds. The van der Waals surface area contributed by atoms with Gasteiger partial charge in [0.2, 0.25) is 0 Å². The van der Waals surface area contributed by atoms with Crippen molar-refractivity contribution < 1.29 is 9.53 Å². The minimum Gasteiger partial charge on any atom is -0.444 e. The van der Waals surface area contributed by atoms with Crippen LogP contribution in [0.1, 0.15) is 39.3 Å². The van der Waals surface area contributed by atoms with E-state index in [-0.39, 0.29) is 6.09 Å². The number of nitrogens with zero attached hydrogens (tertiary/aromatic N) is 3. The number of ether oxygens (including phenoxy) is 1. The van der Waals surface area contributed by atoms with E-state index in [0.717, 1.165) is 31.2 Å². The van der Waals surface area contributed by atoms with Gasteiger partial charge in [-0.1, -0.05) is 0 Å². The Balaban J connectivity index is 1.71. The predicted octanol–water partition coefficient (Wildman–Crippen LogP) is 2.04. The van der Waals surface area contributed by atoms with Crippen LogP contribution in [0.4, 0.5) is 4.79 Å². The fraction of sp³-hybridized carbons (Fsp3) is 0.750. The number of likely N-dealkylation sites (N-methyl/N-ethyl adjacent to an activating group) is 1. The fourth-order valence-corrected chi connectivity index (χ4v) is 2.33. The third kappa shape index (κ3) is 5.67. The number of imidazole rings is 1. The number of nitrogens with one attached hydrogen (secondary N) is 1. The maximum absolute atomic E-state index is 11.6. The number of alkyl carbamates (subject to hydrolysis) is 1. The first-order valence-electron chi connectivity index (χ1n) is 8.01. The van der Waals surface area contributed by atoms with Crippen molar-refractivity contribution in [3.8, 4) is 0 Å². The third-order valence-electron chi connectivity index (χ3n) is 3.71. The molecule has 1 aliphatic rings. The van der Waals surface area contributed by atoms with Crippen molar-refractivity contribution in [1.82, 2.24) is 19.8 Å². The van der Waals surface area contributed by atoms with Crippen molar-refractivity contribution in [2.75, 3.05) is 20.1 Å². The van der Waals surface area contributed by atoms with Crippen LogP contribution in [-0.4, -0.2) is 52.3 Å². The molecule has 2 rings (SSSR count). The van der Waals surface area contributed by atoms with Crippen molar-refractivity contribution in [2.45, 2.75) is 58.2 Å². The van der Waals surface area contributed by atoms with Crippen molar-refractivity contribution in [2.24, 2.45) is 0 Å².